The molecule has 150 valence electrons. The molecule has 2 N–H and O–H groups in total. The van der Waals surface area contributed by atoms with E-state index in [4.69, 9.17) is 0 Å². The van der Waals surface area contributed by atoms with Crippen LogP contribution in [0.15, 0.2) is 33.7 Å². The van der Waals surface area contributed by atoms with Crippen LogP contribution in [0.4, 0.5) is 5.69 Å². The zero-order valence-corrected chi connectivity index (χ0v) is 18.2. The number of carbonyl (C=O) groups is 2. The number of nitrogens with zero attached hydrogens (tertiary/aromatic N) is 3. The number of hydrogen-bond donors (Lipinski definition) is 2. The van der Waals surface area contributed by atoms with E-state index in [2.05, 4.69) is 31.6 Å². The van der Waals surface area contributed by atoms with E-state index in [1.54, 1.807) is 9.80 Å². The highest BCUT2D eigenvalue weighted by molar-refractivity contribution is 9.10. The fourth-order valence-electron chi connectivity index (χ4n) is 2.44. The fraction of sp³-hybridized carbons (Fsp3) is 0.526. The summed E-state index contributed by atoms with van der Waals surface area (Å²) in [5.41, 5.74) is 0.751. The van der Waals surface area contributed by atoms with Crippen LogP contribution in [-0.2, 0) is 9.59 Å². The summed E-state index contributed by atoms with van der Waals surface area (Å²) in [7, 11) is 1.82. The molecule has 0 fully saturated rings. The first kappa shape index (κ1) is 23.0. The molecule has 0 spiro atoms. The Morgan fingerprint density at radius 3 is 2.30 bits per heavy atom. The summed E-state index contributed by atoms with van der Waals surface area (Å²) < 4.78 is 0.961. The molecule has 0 aliphatic rings. The molecule has 0 atom stereocenters. The third-order valence-corrected chi connectivity index (χ3v) is 4.44. The number of likely N-dealkylation sites (N-methyl/N-ethyl adjacent to an activating group) is 2. The summed E-state index contributed by atoms with van der Waals surface area (Å²) in [6, 6.07) is 7.42. The van der Waals surface area contributed by atoms with Gasteiger partial charge in [-0.25, -0.2) is 0 Å². The molecule has 7 nitrogen and oxygen atoms in total. The van der Waals surface area contributed by atoms with Crippen molar-refractivity contribution in [1.82, 2.24) is 15.1 Å². The smallest absolute Gasteiger partial charge is 0.242 e. The average Bonchev–Trinajstić information content (AvgIpc) is 2.64. The fourth-order valence-corrected chi connectivity index (χ4v) is 2.71. The maximum Gasteiger partial charge on any atom is 0.242 e. The van der Waals surface area contributed by atoms with Crippen molar-refractivity contribution in [1.29, 1.82) is 0 Å². The molecule has 2 amide bonds. The second kappa shape index (κ2) is 12.3. The summed E-state index contributed by atoms with van der Waals surface area (Å²) in [5, 5.41) is 6.00. The van der Waals surface area contributed by atoms with Crippen LogP contribution in [0.2, 0.25) is 0 Å². The van der Waals surface area contributed by atoms with Crippen molar-refractivity contribution in [3.8, 4) is 0 Å². The molecular weight excluding hydrogens is 410 g/mol. The Labute approximate surface area is 170 Å². The van der Waals surface area contributed by atoms with Gasteiger partial charge in [-0.3, -0.25) is 14.6 Å². The van der Waals surface area contributed by atoms with Gasteiger partial charge in [0.2, 0.25) is 11.8 Å². The highest BCUT2D eigenvalue weighted by atomic mass is 79.9. The van der Waals surface area contributed by atoms with Gasteiger partial charge < -0.3 is 20.4 Å². The molecule has 0 aliphatic heterocycles. The number of carbonyl (C=O) groups excluding carboxylic acids is 2. The third kappa shape index (κ3) is 8.43. The van der Waals surface area contributed by atoms with E-state index < -0.39 is 0 Å². The molecule has 0 unspecified atom stereocenters. The highest BCUT2D eigenvalue weighted by Crippen LogP contribution is 2.14. The summed E-state index contributed by atoms with van der Waals surface area (Å²) >= 11 is 3.36. The molecule has 0 bridgehead atoms. The number of guanidine groups is 1. The highest BCUT2D eigenvalue weighted by Gasteiger charge is 2.15. The standard InChI is InChI=1S/C19H30BrN5O2/c1-5-21-19(24(4)14-18(27)25(6-2)7-3)22-13-12-17(26)23-16-10-8-15(20)9-11-16/h8-11H,5-7,12-14H2,1-4H3,(H,21,22)(H,23,26). The largest absolute Gasteiger partial charge is 0.357 e. The van der Waals surface area contributed by atoms with E-state index in [0.29, 0.717) is 32.1 Å². The van der Waals surface area contributed by atoms with Crippen LogP contribution >= 0.6 is 15.9 Å². The lowest BCUT2D eigenvalue weighted by Crippen LogP contribution is -2.45. The number of nitrogens with one attached hydrogen (secondary N) is 2. The lowest BCUT2D eigenvalue weighted by Gasteiger charge is -2.25. The van der Waals surface area contributed by atoms with Gasteiger partial charge in [-0.1, -0.05) is 15.9 Å². The van der Waals surface area contributed by atoms with Crippen molar-refractivity contribution in [3.63, 3.8) is 0 Å². The molecule has 1 aromatic carbocycles. The van der Waals surface area contributed by atoms with Crippen LogP contribution in [0.5, 0.6) is 0 Å². The van der Waals surface area contributed by atoms with Crippen LogP contribution in [0, 0.1) is 0 Å². The number of aliphatic imine (C=N–C) groups is 1. The number of amides is 2. The Morgan fingerprint density at radius 1 is 1.11 bits per heavy atom. The number of halogens is 1. The SMILES string of the molecule is CCNC(=NCCC(=O)Nc1ccc(Br)cc1)N(C)CC(=O)N(CC)CC. The monoisotopic (exact) mass is 439 g/mol. The molecule has 0 aromatic heterocycles. The number of hydrogen-bond acceptors (Lipinski definition) is 3. The van der Waals surface area contributed by atoms with Crippen LogP contribution < -0.4 is 10.6 Å². The first-order chi connectivity index (χ1) is 12.9. The Hall–Kier alpha value is -2.09. The van der Waals surface area contributed by atoms with Crippen LogP contribution in [0.1, 0.15) is 27.2 Å². The number of rotatable bonds is 9. The predicted molar refractivity (Wildman–Crippen MR) is 114 cm³/mol. The maximum absolute atomic E-state index is 12.3. The normalized spacial score (nSPS) is 11.1. The molecule has 0 saturated heterocycles. The van der Waals surface area contributed by atoms with Gasteiger partial charge in [-0.15, -0.1) is 0 Å². The van der Waals surface area contributed by atoms with Crippen molar-refractivity contribution in [2.75, 3.05) is 45.1 Å². The first-order valence-corrected chi connectivity index (χ1v) is 10.0. The van der Waals surface area contributed by atoms with Gasteiger partial charge in [0.25, 0.3) is 0 Å². The zero-order valence-electron chi connectivity index (χ0n) is 16.6. The van der Waals surface area contributed by atoms with Crippen molar-refractivity contribution >= 4 is 39.4 Å². The summed E-state index contributed by atoms with van der Waals surface area (Å²) in [6.07, 6.45) is 0.267. The molecule has 27 heavy (non-hydrogen) atoms. The molecule has 1 aromatic rings. The second-order valence-electron chi connectivity index (χ2n) is 5.96. The lowest BCUT2D eigenvalue weighted by atomic mass is 10.3. The van der Waals surface area contributed by atoms with Gasteiger partial charge >= 0.3 is 0 Å². The van der Waals surface area contributed by atoms with E-state index in [1.165, 1.54) is 0 Å². The van der Waals surface area contributed by atoms with Crippen LogP contribution in [0.3, 0.4) is 0 Å². The van der Waals surface area contributed by atoms with E-state index >= 15 is 0 Å². The molecule has 0 radical (unpaired) electrons. The quantitative estimate of drug-likeness (QED) is 0.457. The van der Waals surface area contributed by atoms with Gasteiger partial charge in [-0.2, -0.15) is 0 Å². The minimum atomic E-state index is -0.0983. The third-order valence-electron chi connectivity index (χ3n) is 3.91. The Balaban J connectivity index is 2.57. The minimum absolute atomic E-state index is 0.0566. The van der Waals surface area contributed by atoms with Crippen molar-refractivity contribution in [2.45, 2.75) is 27.2 Å². The lowest BCUT2D eigenvalue weighted by molar-refractivity contribution is -0.131. The molecule has 0 heterocycles. The Bertz CT molecular complexity index is 629. The first-order valence-electron chi connectivity index (χ1n) is 9.23. The van der Waals surface area contributed by atoms with E-state index in [9.17, 15) is 9.59 Å². The molecule has 8 heteroatoms. The molecule has 0 aliphatic carbocycles. The minimum Gasteiger partial charge on any atom is -0.357 e. The van der Waals surface area contributed by atoms with Crippen molar-refractivity contribution < 1.29 is 9.59 Å². The van der Waals surface area contributed by atoms with E-state index in [0.717, 1.165) is 10.2 Å². The van der Waals surface area contributed by atoms with Gasteiger partial charge in [0, 0.05) is 43.3 Å². The van der Waals surface area contributed by atoms with Crippen LogP contribution in [0.25, 0.3) is 0 Å². The van der Waals surface area contributed by atoms with Gasteiger partial charge in [-0.05, 0) is 45.0 Å². The number of anilines is 1. The number of benzene rings is 1. The topological polar surface area (TPSA) is 77.0 Å². The molecular formula is C19H30BrN5O2. The zero-order chi connectivity index (χ0) is 20.2. The Morgan fingerprint density at radius 2 is 1.74 bits per heavy atom. The summed E-state index contributed by atoms with van der Waals surface area (Å²) in [4.78, 5) is 32.4. The average molecular weight is 440 g/mol. The predicted octanol–water partition coefficient (Wildman–Crippen LogP) is 2.54. The van der Waals surface area contributed by atoms with E-state index in [1.807, 2.05) is 52.1 Å². The Kier molecular flexibility index (Phi) is 10.5. The summed E-state index contributed by atoms with van der Waals surface area (Å²) in [6.45, 7) is 8.55. The summed E-state index contributed by atoms with van der Waals surface area (Å²) in [5.74, 6) is 0.578. The molecule has 0 saturated carbocycles. The van der Waals surface area contributed by atoms with Gasteiger partial charge in [0.1, 0.15) is 0 Å². The van der Waals surface area contributed by atoms with E-state index in [-0.39, 0.29) is 24.8 Å². The molecule has 1 rings (SSSR count). The van der Waals surface area contributed by atoms with Gasteiger partial charge in [0.05, 0.1) is 13.1 Å². The van der Waals surface area contributed by atoms with Gasteiger partial charge in [0.15, 0.2) is 5.96 Å². The van der Waals surface area contributed by atoms with Crippen molar-refractivity contribution in [2.24, 2.45) is 4.99 Å². The maximum atomic E-state index is 12.3. The second-order valence-corrected chi connectivity index (χ2v) is 6.88. The van der Waals surface area contributed by atoms with Crippen LogP contribution in [-0.4, -0.2) is 67.3 Å². The van der Waals surface area contributed by atoms with Crippen molar-refractivity contribution in [3.05, 3.63) is 28.7 Å².